The Morgan fingerprint density at radius 3 is 2.06 bits per heavy atom. The number of carbonyl (C=O) groups excluding carboxylic acids is 2. The van der Waals surface area contributed by atoms with Crippen molar-refractivity contribution in [1.82, 2.24) is 4.90 Å². The zero-order valence-corrected chi connectivity index (χ0v) is 19.3. The van der Waals surface area contributed by atoms with Gasteiger partial charge in [-0.2, -0.15) is 0 Å². The van der Waals surface area contributed by atoms with Gasteiger partial charge in [0.1, 0.15) is 5.82 Å². The second-order valence-electron chi connectivity index (χ2n) is 8.42. The number of amides is 1. The van der Waals surface area contributed by atoms with Gasteiger partial charge in [0.25, 0.3) is 5.91 Å². The molecule has 2 heterocycles. The number of benzene rings is 2. The van der Waals surface area contributed by atoms with E-state index in [4.69, 9.17) is 5.14 Å². The molecule has 0 aromatic heterocycles. The molecule has 0 atom stereocenters. The van der Waals surface area contributed by atoms with Gasteiger partial charge in [-0.05, 0) is 56.2 Å². The van der Waals surface area contributed by atoms with E-state index >= 15 is 0 Å². The van der Waals surface area contributed by atoms with Crippen LogP contribution >= 0.6 is 0 Å². The summed E-state index contributed by atoms with van der Waals surface area (Å²) in [5, 5.41) is 5.30. The number of halogens is 1. The lowest BCUT2D eigenvalue weighted by Gasteiger charge is -2.37. The number of ketones is 1. The summed E-state index contributed by atoms with van der Waals surface area (Å²) in [5.74, 6) is -0.944. The first kappa shape index (κ1) is 23.2. The Balaban J connectivity index is 1.54. The average Bonchev–Trinajstić information content (AvgIpc) is 3.32. The van der Waals surface area contributed by atoms with Gasteiger partial charge in [-0.15, -0.1) is 0 Å². The molecule has 176 valence electrons. The quantitative estimate of drug-likeness (QED) is 0.667. The molecule has 2 N–H and O–H groups in total. The summed E-state index contributed by atoms with van der Waals surface area (Å²) in [6, 6.07) is 8.86. The monoisotopic (exact) mass is 474 g/mol. The molecular weight excluding hydrogens is 447 g/mol. The van der Waals surface area contributed by atoms with E-state index in [-0.39, 0.29) is 16.6 Å². The van der Waals surface area contributed by atoms with E-state index in [0.717, 1.165) is 25.9 Å². The first-order valence-corrected chi connectivity index (χ1v) is 12.5. The standard InChI is InChI=1S/C23H27FN4O4S/c1-16(29)17-4-6-22(20(24)14-17)27-10-12-28(13-11-27)23(30)19-15-18(33(25,31)32)5-7-21(19)26-8-2-3-9-26/h4-7,14-15H,2-3,8-13H2,1H3,(H2,25,31,32). The maximum atomic E-state index is 14.5. The third-order valence-corrected chi connectivity index (χ3v) is 7.15. The van der Waals surface area contributed by atoms with E-state index in [2.05, 4.69) is 4.90 Å². The van der Waals surface area contributed by atoms with Gasteiger partial charge in [-0.3, -0.25) is 9.59 Å². The highest BCUT2D eigenvalue weighted by Crippen LogP contribution is 2.29. The molecule has 0 saturated carbocycles. The Morgan fingerprint density at radius 2 is 1.48 bits per heavy atom. The third kappa shape index (κ3) is 4.86. The lowest BCUT2D eigenvalue weighted by atomic mass is 10.1. The number of nitrogens with zero attached hydrogens (tertiary/aromatic N) is 3. The highest BCUT2D eigenvalue weighted by molar-refractivity contribution is 7.89. The van der Waals surface area contributed by atoms with Gasteiger partial charge in [0.2, 0.25) is 10.0 Å². The molecule has 2 saturated heterocycles. The van der Waals surface area contributed by atoms with Crippen LogP contribution < -0.4 is 14.9 Å². The summed E-state index contributed by atoms with van der Waals surface area (Å²) in [7, 11) is -3.95. The first-order chi connectivity index (χ1) is 15.6. The number of carbonyl (C=O) groups is 2. The van der Waals surface area contributed by atoms with E-state index in [1.807, 2.05) is 4.90 Å². The lowest BCUT2D eigenvalue weighted by Crippen LogP contribution is -2.49. The molecule has 8 nitrogen and oxygen atoms in total. The highest BCUT2D eigenvalue weighted by Gasteiger charge is 2.28. The molecule has 0 spiro atoms. The summed E-state index contributed by atoms with van der Waals surface area (Å²) in [6.45, 7) is 4.53. The number of sulfonamides is 1. The number of Topliss-reactive ketones (excluding diaryl/α,β-unsaturated/α-hetero) is 1. The summed E-state index contributed by atoms with van der Waals surface area (Å²) >= 11 is 0. The molecule has 0 bridgehead atoms. The maximum absolute atomic E-state index is 14.5. The van der Waals surface area contributed by atoms with Gasteiger partial charge in [0, 0.05) is 50.5 Å². The van der Waals surface area contributed by atoms with Crippen LogP contribution in [0.1, 0.15) is 40.5 Å². The van der Waals surface area contributed by atoms with E-state index in [1.54, 1.807) is 23.1 Å². The minimum absolute atomic E-state index is 0.0972. The van der Waals surface area contributed by atoms with E-state index in [0.29, 0.717) is 48.7 Å². The highest BCUT2D eigenvalue weighted by atomic mass is 32.2. The van der Waals surface area contributed by atoms with Crippen molar-refractivity contribution in [2.75, 3.05) is 49.1 Å². The number of primary sulfonamides is 1. The second-order valence-corrected chi connectivity index (χ2v) is 9.98. The van der Waals surface area contributed by atoms with Crippen LogP contribution in [-0.2, 0) is 10.0 Å². The topological polar surface area (TPSA) is 104 Å². The largest absolute Gasteiger partial charge is 0.371 e. The summed E-state index contributed by atoms with van der Waals surface area (Å²) < 4.78 is 38.3. The average molecular weight is 475 g/mol. The van der Waals surface area contributed by atoms with Crippen molar-refractivity contribution in [2.24, 2.45) is 5.14 Å². The zero-order chi connectivity index (χ0) is 23.8. The van der Waals surface area contributed by atoms with Gasteiger partial charge < -0.3 is 14.7 Å². The SMILES string of the molecule is CC(=O)c1ccc(N2CCN(C(=O)c3cc(S(N)(=O)=O)ccc3N3CCCC3)CC2)c(F)c1. The van der Waals surface area contributed by atoms with Gasteiger partial charge in [0.05, 0.1) is 16.1 Å². The van der Waals surface area contributed by atoms with E-state index in [9.17, 15) is 22.4 Å². The van der Waals surface area contributed by atoms with Crippen LogP contribution in [0.4, 0.5) is 15.8 Å². The number of rotatable bonds is 5. The Labute approximate surface area is 192 Å². The normalized spacial score (nSPS) is 16.9. The molecule has 4 rings (SSSR count). The van der Waals surface area contributed by atoms with Crippen LogP contribution in [-0.4, -0.2) is 64.3 Å². The number of anilines is 2. The summed E-state index contributed by atoms with van der Waals surface area (Å²) in [5.41, 5.74) is 1.72. The Bertz CT molecular complexity index is 1190. The molecule has 0 radical (unpaired) electrons. The van der Waals surface area contributed by atoms with Gasteiger partial charge in [0.15, 0.2) is 5.78 Å². The van der Waals surface area contributed by atoms with Crippen molar-refractivity contribution >= 4 is 33.1 Å². The van der Waals surface area contributed by atoms with Gasteiger partial charge >= 0.3 is 0 Å². The number of hydrogen-bond acceptors (Lipinski definition) is 6. The molecule has 2 aromatic rings. The number of nitrogens with two attached hydrogens (primary N) is 1. The zero-order valence-electron chi connectivity index (χ0n) is 18.5. The molecule has 33 heavy (non-hydrogen) atoms. The molecule has 2 aliphatic rings. The lowest BCUT2D eigenvalue weighted by molar-refractivity contribution is 0.0746. The van der Waals surface area contributed by atoms with Gasteiger partial charge in [-0.25, -0.2) is 17.9 Å². The van der Waals surface area contributed by atoms with Crippen molar-refractivity contribution in [2.45, 2.75) is 24.7 Å². The summed E-state index contributed by atoms with van der Waals surface area (Å²) in [6.07, 6.45) is 2.02. The summed E-state index contributed by atoms with van der Waals surface area (Å²) in [4.78, 5) is 30.4. The molecule has 10 heteroatoms. The first-order valence-electron chi connectivity index (χ1n) is 10.9. The molecule has 0 aliphatic carbocycles. The number of piperazine rings is 1. The minimum Gasteiger partial charge on any atom is -0.371 e. The smallest absolute Gasteiger partial charge is 0.256 e. The van der Waals surface area contributed by atoms with Crippen molar-refractivity contribution in [3.8, 4) is 0 Å². The van der Waals surface area contributed by atoms with E-state index in [1.165, 1.54) is 25.1 Å². The van der Waals surface area contributed by atoms with Crippen LogP contribution in [0, 0.1) is 5.82 Å². The molecule has 2 aromatic carbocycles. The van der Waals surface area contributed by atoms with Crippen LogP contribution in [0.15, 0.2) is 41.3 Å². The molecule has 1 amide bonds. The Hall–Kier alpha value is -2.98. The molecule has 0 unspecified atom stereocenters. The van der Waals surface area contributed by atoms with Crippen LogP contribution in [0.5, 0.6) is 0 Å². The fourth-order valence-electron chi connectivity index (χ4n) is 4.40. The molecule has 2 aliphatic heterocycles. The van der Waals surface area contributed by atoms with Crippen molar-refractivity contribution in [1.29, 1.82) is 0 Å². The third-order valence-electron chi connectivity index (χ3n) is 6.24. The van der Waals surface area contributed by atoms with Crippen LogP contribution in [0.3, 0.4) is 0 Å². The predicted molar refractivity (Wildman–Crippen MR) is 124 cm³/mol. The van der Waals surface area contributed by atoms with Crippen LogP contribution in [0.25, 0.3) is 0 Å². The minimum atomic E-state index is -3.95. The van der Waals surface area contributed by atoms with Crippen molar-refractivity contribution in [3.63, 3.8) is 0 Å². The van der Waals surface area contributed by atoms with Gasteiger partial charge in [-0.1, -0.05) is 0 Å². The fraction of sp³-hybridized carbons (Fsp3) is 0.391. The molecule has 2 fully saturated rings. The predicted octanol–water partition coefficient (Wildman–Crippen LogP) is 2.24. The Kier molecular flexibility index (Phi) is 6.40. The van der Waals surface area contributed by atoms with Crippen molar-refractivity contribution < 1.29 is 22.4 Å². The van der Waals surface area contributed by atoms with E-state index < -0.39 is 15.8 Å². The Morgan fingerprint density at radius 1 is 0.879 bits per heavy atom. The fourth-order valence-corrected chi connectivity index (χ4v) is 4.94. The second kappa shape index (κ2) is 9.11. The number of hydrogen-bond donors (Lipinski definition) is 1. The molecular formula is C23H27FN4O4S. The van der Waals surface area contributed by atoms with Crippen LogP contribution in [0.2, 0.25) is 0 Å². The maximum Gasteiger partial charge on any atom is 0.256 e. The van der Waals surface area contributed by atoms with Crippen molar-refractivity contribution in [3.05, 3.63) is 53.3 Å².